The van der Waals surface area contributed by atoms with Crippen LogP contribution in [-0.2, 0) is 0 Å². The molecule has 1 aromatic heterocycles. The molecule has 0 aliphatic heterocycles. The molecule has 0 saturated heterocycles. The van der Waals surface area contributed by atoms with E-state index in [-0.39, 0.29) is 11.9 Å². The Morgan fingerprint density at radius 3 is 2.48 bits per heavy atom. The van der Waals surface area contributed by atoms with Crippen LogP contribution in [0.3, 0.4) is 0 Å². The van der Waals surface area contributed by atoms with Gasteiger partial charge in [0, 0.05) is 17.1 Å². The third-order valence-corrected chi connectivity index (χ3v) is 4.95. The summed E-state index contributed by atoms with van der Waals surface area (Å²) in [6, 6.07) is 22.6. The van der Waals surface area contributed by atoms with Crippen molar-refractivity contribution in [3.63, 3.8) is 0 Å². The van der Waals surface area contributed by atoms with E-state index in [2.05, 4.69) is 10.3 Å². The van der Waals surface area contributed by atoms with E-state index in [1.54, 1.807) is 12.3 Å². The molecule has 0 fully saturated rings. The zero-order chi connectivity index (χ0) is 18.8. The molecule has 0 saturated carbocycles. The minimum Gasteiger partial charge on any atom is -0.377 e. The van der Waals surface area contributed by atoms with Crippen LogP contribution in [-0.4, -0.2) is 4.98 Å². The van der Waals surface area contributed by atoms with Crippen LogP contribution < -0.4 is 5.32 Å². The first kappa shape index (κ1) is 17.5. The van der Waals surface area contributed by atoms with Crippen LogP contribution >= 0.6 is 11.6 Å². The molecule has 4 aromatic rings. The molecule has 0 aliphatic carbocycles. The average molecular weight is 377 g/mol. The van der Waals surface area contributed by atoms with Gasteiger partial charge in [0.05, 0.1) is 22.3 Å². The van der Waals surface area contributed by atoms with Gasteiger partial charge in [-0.3, -0.25) is 4.98 Å². The first-order valence-electron chi connectivity index (χ1n) is 8.78. The molecule has 2 nitrogen and oxygen atoms in total. The maximum atomic E-state index is 14.6. The Hall–Kier alpha value is -2.91. The smallest absolute Gasteiger partial charge is 0.128 e. The van der Waals surface area contributed by atoms with Crippen LogP contribution in [0.2, 0.25) is 5.02 Å². The Balaban J connectivity index is 1.72. The lowest BCUT2D eigenvalue weighted by molar-refractivity contribution is 0.600. The number of fused-ring (bicyclic) bond motifs is 1. The molecule has 1 atom stereocenters. The summed E-state index contributed by atoms with van der Waals surface area (Å²) in [6.07, 6.45) is 1.62. The second-order valence-corrected chi connectivity index (χ2v) is 6.87. The van der Waals surface area contributed by atoms with E-state index in [1.807, 2.05) is 67.6 Å². The van der Waals surface area contributed by atoms with Gasteiger partial charge in [0.25, 0.3) is 0 Å². The molecule has 27 heavy (non-hydrogen) atoms. The second-order valence-electron chi connectivity index (χ2n) is 6.47. The lowest BCUT2D eigenvalue weighted by Gasteiger charge is -2.19. The fourth-order valence-corrected chi connectivity index (χ4v) is 3.45. The first-order valence-corrected chi connectivity index (χ1v) is 9.16. The Kier molecular flexibility index (Phi) is 4.78. The van der Waals surface area contributed by atoms with Crippen LogP contribution in [0.1, 0.15) is 18.5 Å². The summed E-state index contributed by atoms with van der Waals surface area (Å²) in [5.41, 5.74) is 4.23. The SMILES string of the molecule is C[C@@H](Nc1c(Cl)cnc2ccccc12)c1cc(-c2ccccc2)ccc1F. The van der Waals surface area contributed by atoms with E-state index >= 15 is 0 Å². The van der Waals surface area contributed by atoms with E-state index in [0.717, 1.165) is 27.7 Å². The van der Waals surface area contributed by atoms with Crippen LogP contribution in [0.15, 0.2) is 79.0 Å². The van der Waals surface area contributed by atoms with E-state index in [1.165, 1.54) is 6.07 Å². The number of pyridine rings is 1. The number of hydrogen-bond acceptors (Lipinski definition) is 2. The standard InChI is InChI=1S/C23H18ClFN2/c1-15(27-23-18-9-5-6-10-22(18)26-14-20(23)24)19-13-17(11-12-21(19)25)16-7-3-2-4-8-16/h2-15H,1H3,(H,26,27)/t15-/m1/s1. The van der Waals surface area contributed by atoms with Crippen LogP contribution in [0.4, 0.5) is 10.1 Å². The van der Waals surface area contributed by atoms with Gasteiger partial charge in [-0.1, -0.05) is 66.2 Å². The highest BCUT2D eigenvalue weighted by atomic mass is 35.5. The van der Waals surface area contributed by atoms with E-state index in [9.17, 15) is 4.39 Å². The molecule has 0 radical (unpaired) electrons. The second kappa shape index (κ2) is 7.37. The highest BCUT2D eigenvalue weighted by Crippen LogP contribution is 2.34. The minimum absolute atomic E-state index is 0.246. The van der Waals surface area contributed by atoms with E-state index in [0.29, 0.717) is 10.6 Å². The summed E-state index contributed by atoms with van der Waals surface area (Å²) < 4.78 is 14.6. The number of nitrogens with one attached hydrogen (secondary N) is 1. The van der Waals surface area contributed by atoms with Gasteiger partial charge < -0.3 is 5.32 Å². The molecular weight excluding hydrogens is 359 g/mol. The quantitative estimate of drug-likeness (QED) is 0.420. The van der Waals surface area contributed by atoms with Gasteiger partial charge in [-0.25, -0.2) is 4.39 Å². The lowest BCUT2D eigenvalue weighted by atomic mass is 9.99. The number of para-hydroxylation sites is 1. The van der Waals surface area contributed by atoms with Crippen molar-refractivity contribution < 1.29 is 4.39 Å². The molecule has 4 rings (SSSR count). The third kappa shape index (κ3) is 3.51. The minimum atomic E-state index is -0.267. The molecule has 0 unspecified atom stereocenters. The first-order chi connectivity index (χ1) is 13.1. The highest BCUT2D eigenvalue weighted by Gasteiger charge is 2.15. The Morgan fingerprint density at radius 2 is 1.67 bits per heavy atom. The Morgan fingerprint density at radius 1 is 0.926 bits per heavy atom. The summed E-state index contributed by atoms with van der Waals surface area (Å²) in [4.78, 5) is 4.35. The molecule has 3 aromatic carbocycles. The van der Waals surface area contributed by atoms with Crippen LogP contribution in [0.5, 0.6) is 0 Å². The van der Waals surface area contributed by atoms with Gasteiger partial charge in [-0.15, -0.1) is 0 Å². The zero-order valence-corrected chi connectivity index (χ0v) is 15.5. The molecule has 1 heterocycles. The zero-order valence-electron chi connectivity index (χ0n) is 14.8. The molecule has 0 amide bonds. The normalized spacial score (nSPS) is 12.1. The van der Waals surface area contributed by atoms with Crippen molar-refractivity contribution in [1.29, 1.82) is 0 Å². The molecule has 0 bridgehead atoms. The fourth-order valence-electron chi connectivity index (χ4n) is 3.24. The van der Waals surface area contributed by atoms with Crippen molar-refractivity contribution in [3.8, 4) is 11.1 Å². The molecule has 1 N–H and O–H groups in total. The number of hydrogen-bond donors (Lipinski definition) is 1. The Bertz CT molecular complexity index is 1100. The molecule has 0 aliphatic rings. The van der Waals surface area contributed by atoms with Crippen molar-refractivity contribution >= 4 is 28.2 Å². The fraction of sp³-hybridized carbons (Fsp3) is 0.0870. The molecular formula is C23H18ClFN2. The van der Waals surface area contributed by atoms with Crippen LogP contribution in [0.25, 0.3) is 22.0 Å². The summed E-state index contributed by atoms with van der Waals surface area (Å²) in [6.45, 7) is 1.93. The van der Waals surface area contributed by atoms with Gasteiger partial charge in [0.15, 0.2) is 0 Å². The van der Waals surface area contributed by atoms with Crippen molar-refractivity contribution in [2.24, 2.45) is 0 Å². The average Bonchev–Trinajstić information content (AvgIpc) is 2.71. The molecule has 134 valence electrons. The summed E-state index contributed by atoms with van der Waals surface area (Å²) >= 11 is 6.38. The number of rotatable bonds is 4. The summed E-state index contributed by atoms with van der Waals surface area (Å²) in [5.74, 6) is -0.246. The highest BCUT2D eigenvalue weighted by molar-refractivity contribution is 6.34. The monoisotopic (exact) mass is 376 g/mol. The van der Waals surface area contributed by atoms with E-state index in [4.69, 9.17) is 11.6 Å². The van der Waals surface area contributed by atoms with Crippen molar-refractivity contribution in [3.05, 3.63) is 95.4 Å². The Labute approximate surface area is 162 Å². The van der Waals surface area contributed by atoms with Crippen molar-refractivity contribution in [2.45, 2.75) is 13.0 Å². The van der Waals surface area contributed by atoms with Crippen molar-refractivity contribution in [2.75, 3.05) is 5.32 Å². The number of benzene rings is 3. The van der Waals surface area contributed by atoms with Gasteiger partial charge in [-0.05, 0) is 36.2 Å². The van der Waals surface area contributed by atoms with E-state index < -0.39 is 0 Å². The predicted molar refractivity (Wildman–Crippen MR) is 111 cm³/mol. The summed E-state index contributed by atoms with van der Waals surface area (Å²) in [7, 11) is 0. The van der Waals surface area contributed by atoms with Gasteiger partial charge >= 0.3 is 0 Å². The maximum Gasteiger partial charge on any atom is 0.128 e. The van der Waals surface area contributed by atoms with Crippen LogP contribution in [0, 0.1) is 5.82 Å². The van der Waals surface area contributed by atoms with Gasteiger partial charge in [0.2, 0.25) is 0 Å². The number of nitrogens with zero attached hydrogens (tertiary/aromatic N) is 1. The largest absolute Gasteiger partial charge is 0.377 e. The lowest BCUT2D eigenvalue weighted by Crippen LogP contribution is -2.10. The number of anilines is 1. The topological polar surface area (TPSA) is 24.9 Å². The molecule has 0 spiro atoms. The predicted octanol–water partition coefficient (Wildman–Crippen LogP) is 6.87. The summed E-state index contributed by atoms with van der Waals surface area (Å²) in [5, 5.41) is 4.80. The number of aromatic nitrogens is 1. The third-order valence-electron chi connectivity index (χ3n) is 4.66. The van der Waals surface area contributed by atoms with Gasteiger partial charge in [0.1, 0.15) is 5.82 Å². The molecule has 4 heteroatoms. The maximum absolute atomic E-state index is 14.6. The van der Waals surface area contributed by atoms with Gasteiger partial charge in [-0.2, -0.15) is 0 Å². The van der Waals surface area contributed by atoms with Crippen molar-refractivity contribution in [1.82, 2.24) is 4.98 Å². The number of halogens is 2.